The van der Waals surface area contributed by atoms with Crippen LogP contribution in [0.25, 0.3) is 0 Å². The number of unbranched alkanes of at least 4 members (excludes halogenated alkanes) is 2. The second-order valence-electron chi connectivity index (χ2n) is 14.4. The topological polar surface area (TPSA) is 204 Å². The van der Waals surface area contributed by atoms with Crippen molar-refractivity contribution in [2.75, 3.05) is 19.8 Å². The number of nitrogens with zero attached hydrogens (tertiary/aromatic N) is 5. The average Bonchev–Trinajstić information content (AvgIpc) is 3.61. The Morgan fingerprint density at radius 2 is 1.85 bits per heavy atom. The van der Waals surface area contributed by atoms with Crippen molar-refractivity contribution in [3.8, 4) is 17.4 Å². The molecule has 0 spiro atoms. The van der Waals surface area contributed by atoms with Crippen molar-refractivity contribution in [1.82, 2.24) is 15.0 Å². The first-order valence-corrected chi connectivity index (χ1v) is 18.6. The Kier molecular flexibility index (Phi) is 11.2. The molecule has 4 aliphatic rings. The van der Waals surface area contributed by atoms with E-state index in [4.69, 9.17) is 19.0 Å². The highest BCUT2D eigenvalue weighted by Crippen LogP contribution is 2.62. The lowest BCUT2D eigenvalue weighted by molar-refractivity contribution is -0.384. The second-order valence-corrected chi connectivity index (χ2v) is 14.4. The number of fused-ring (bicyclic) bond motifs is 2. The van der Waals surface area contributed by atoms with E-state index in [0.717, 1.165) is 49.7 Å². The van der Waals surface area contributed by atoms with Crippen molar-refractivity contribution >= 4 is 11.4 Å². The van der Waals surface area contributed by atoms with Gasteiger partial charge in [0, 0.05) is 49.7 Å². The highest BCUT2D eigenvalue weighted by atomic mass is 16.7. The lowest BCUT2D eigenvalue weighted by atomic mass is 9.55. The minimum absolute atomic E-state index is 0.0131. The van der Waals surface area contributed by atoms with Crippen LogP contribution in [-0.2, 0) is 16.2 Å². The van der Waals surface area contributed by atoms with Gasteiger partial charge in [-0.2, -0.15) is 0 Å². The summed E-state index contributed by atoms with van der Waals surface area (Å²) in [6, 6.07) is 10.1. The third-order valence-corrected chi connectivity index (χ3v) is 11.0. The number of allylic oxidation sites excluding steroid dienone is 1. The lowest BCUT2D eigenvalue weighted by Gasteiger charge is -2.56. The highest BCUT2D eigenvalue weighted by molar-refractivity contribution is 6.02. The third kappa shape index (κ3) is 7.61. The molecule has 0 radical (unpaired) electrons. The zero-order chi connectivity index (χ0) is 37.0. The van der Waals surface area contributed by atoms with Gasteiger partial charge in [0.05, 0.1) is 23.2 Å². The predicted octanol–water partition coefficient (Wildman–Crippen LogP) is 5.29. The van der Waals surface area contributed by atoms with Crippen LogP contribution in [0.5, 0.6) is 17.4 Å². The molecule has 53 heavy (non-hydrogen) atoms. The number of aromatic nitrogens is 3. The molecule has 2 aromatic carbocycles. The maximum Gasteiger partial charge on any atom is 0.269 e. The van der Waals surface area contributed by atoms with E-state index in [1.54, 1.807) is 30.3 Å². The molecule has 2 aliphatic heterocycles. The van der Waals surface area contributed by atoms with E-state index in [9.17, 15) is 30.5 Å². The van der Waals surface area contributed by atoms with Crippen molar-refractivity contribution < 1.29 is 44.4 Å². The van der Waals surface area contributed by atoms with Gasteiger partial charge in [-0.3, -0.25) is 10.1 Å². The summed E-state index contributed by atoms with van der Waals surface area (Å²) in [6.07, 6.45) is 10.2. The SMILES string of the molecule is O=[N+]([O-])c1ccc(CON=C2CC(n3nncc3OC3CCCCO3)C3(O)Oc4ccc(O)cc4C4C(CCCCO)C(CCCCO)C=C2C43)cc1. The van der Waals surface area contributed by atoms with Crippen LogP contribution in [-0.4, -0.2) is 78.0 Å². The molecule has 2 aliphatic carbocycles. The summed E-state index contributed by atoms with van der Waals surface area (Å²) in [6.45, 7) is 0.760. The molecule has 3 aromatic rings. The number of phenolic OH excluding ortho intramolecular Hbond substituents is 1. The Morgan fingerprint density at radius 1 is 1.06 bits per heavy atom. The quantitative estimate of drug-likeness (QED) is 0.0894. The van der Waals surface area contributed by atoms with Gasteiger partial charge in [-0.15, -0.1) is 5.10 Å². The van der Waals surface area contributed by atoms with Crippen LogP contribution in [0.15, 0.2) is 65.5 Å². The van der Waals surface area contributed by atoms with E-state index < -0.39 is 29.0 Å². The maximum atomic E-state index is 13.1. The number of hydrogen-bond donors (Lipinski definition) is 4. The number of nitro groups is 1. The van der Waals surface area contributed by atoms with E-state index in [0.29, 0.717) is 48.8 Å². The number of hydrogen-bond acceptors (Lipinski definition) is 13. The smallest absolute Gasteiger partial charge is 0.269 e. The molecule has 7 rings (SSSR count). The lowest BCUT2D eigenvalue weighted by Crippen LogP contribution is -2.62. The standard InChI is InChI=1S/C38H47N5O10/c44-16-4-1-7-25-19-29-31(40-51-23-24-10-12-26(13-11-24)43(48)49)21-33(42-34(22-39-41-42)52-35-9-3-6-18-50-35)38(47)37(29)36(28(25)8-2-5-17-45)30-20-27(46)14-15-32(30)53-38/h10-15,19-20,22,25,28,33,35-37,44-47H,1-9,16-18,21,23H2. The average molecular weight is 734 g/mol. The molecule has 0 amide bonds. The molecule has 284 valence electrons. The van der Waals surface area contributed by atoms with Gasteiger partial charge in [0.2, 0.25) is 18.0 Å². The molecule has 7 atom stereocenters. The molecule has 7 unspecified atom stereocenters. The Morgan fingerprint density at radius 3 is 2.58 bits per heavy atom. The summed E-state index contributed by atoms with van der Waals surface area (Å²) >= 11 is 0. The fraction of sp³-hybridized carbons (Fsp3) is 0.553. The summed E-state index contributed by atoms with van der Waals surface area (Å²) in [5, 5.41) is 67.8. The van der Waals surface area contributed by atoms with Gasteiger partial charge in [-0.25, -0.2) is 4.68 Å². The summed E-state index contributed by atoms with van der Waals surface area (Å²) in [5.41, 5.74) is 2.76. The van der Waals surface area contributed by atoms with Crippen LogP contribution in [0.3, 0.4) is 0 Å². The van der Waals surface area contributed by atoms with E-state index in [-0.39, 0.29) is 55.4 Å². The molecule has 2 fully saturated rings. The van der Waals surface area contributed by atoms with Crippen LogP contribution in [0.4, 0.5) is 5.69 Å². The Hall–Kier alpha value is -4.57. The van der Waals surface area contributed by atoms with Crippen LogP contribution >= 0.6 is 0 Å². The molecule has 15 nitrogen and oxygen atoms in total. The van der Waals surface area contributed by atoms with Gasteiger partial charge in [0.15, 0.2) is 0 Å². The van der Waals surface area contributed by atoms with E-state index in [1.165, 1.54) is 23.0 Å². The van der Waals surface area contributed by atoms with Crippen LogP contribution in [0.1, 0.15) is 87.3 Å². The van der Waals surface area contributed by atoms with Crippen molar-refractivity contribution in [3.05, 3.63) is 81.6 Å². The van der Waals surface area contributed by atoms with Gasteiger partial charge >= 0.3 is 0 Å². The van der Waals surface area contributed by atoms with Gasteiger partial charge in [-0.1, -0.05) is 29.3 Å². The Balaban J connectivity index is 1.33. The fourth-order valence-electron chi connectivity index (χ4n) is 8.58. The zero-order valence-electron chi connectivity index (χ0n) is 29.5. The molecule has 0 bridgehead atoms. The zero-order valence-corrected chi connectivity index (χ0v) is 29.5. The molecule has 3 heterocycles. The second kappa shape index (κ2) is 16.2. The first-order chi connectivity index (χ1) is 25.8. The molecular weight excluding hydrogens is 686 g/mol. The van der Waals surface area contributed by atoms with E-state index >= 15 is 0 Å². The van der Waals surface area contributed by atoms with Gasteiger partial charge < -0.3 is 39.5 Å². The normalized spacial score (nSPS) is 28.4. The monoisotopic (exact) mass is 733 g/mol. The summed E-state index contributed by atoms with van der Waals surface area (Å²) in [7, 11) is 0. The van der Waals surface area contributed by atoms with Crippen molar-refractivity contribution in [2.24, 2.45) is 22.9 Å². The van der Waals surface area contributed by atoms with Crippen molar-refractivity contribution in [2.45, 2.75) is 94.9 Å². The number of rotatable bonds is 15. The Labute approximate surface area is 307 Å². The van der Waals surface area contributed by atoms with E-state index in [2.05, 4.69) is 21.5 Å². The summed E-state index contributed by atoms with van der Waals surface area (Å²) in [5.74, 6) is -2.07. The highest BCUT2D eigenvalue weighted by Gasteiger charge is 2.63. The molecule has 1 aromatic heterocycles. The number of aliphatic hydroxyl groups excluding tert-OH is 2. The molecule has 15 heteroatoms. The Bertz CT molecular complexity index is 1790. The number of aromatic hydroxyl groups is 1. The summed E-state index contributed by atoms with van der Waals surface area (Å²) in [4.78, 5) is 16.7. The first kappa shape index (κ1) is 36.8. The summed E-state index contributed by atoms with van der Waals surface area (Å²) < 4.78 is 20.3. The van der Waals surface area contributed by atoms with Crippen LogP contribution < -0.4 is 9.47 Å². The van der Waals surface area contributed by atoms with E-state index in [1.807, 2.05) is 0 Å². The van der Waals surface area contributed by atoms with Crippen LogP contribution in [0.2, 0.25) is 0 Å². The fourth-order valence-corrected chi connectivity index (χ4v) is 8.58. The number of phenols is 1. The first-order valence-electron chi connectivity index (χ1n) is 18.6. The number of benzene rings is 2. The minimum atomic E-state index is -1.87. The van der Waals surface area contributed by atoms with Gasteiger partial charge in [0.1, 0.15) is 30.3 Å². The number of non-ortho nitro benzene ring substituents is 1. The molecular formula is C38H47N5O10. The van der Waals surface area contributed by atoms with Crippen molar-refractivity contribution in [1.29, 1.82) is 0 Å². The molecule has 1 saturated heterocycles. The largest absolute Gasteiger partial charge is 0.508 e. The number of nitro benzene ring substituents is 1. The maximum absolute atomic E-state index is 13.1. The van der Waals surface area contributed by atoms with Crippen LogP contribution in [0, 0.1) is 27.9 Å². The third-order valence-electron chi connectivity index (χ3n) is 11.0. The number of aliphatic hydroxyl groups is 3. The predicted molar refractivity (Wildman–Crippen MR) is 190 cm³/mol. The minimum Gasteiger partial charge on any atom is -0.508 e. The number of oxime groups is 1. The number of ether oxygens (including phenoxy) is 3. The van der Waals surface area contributed by atoms with Gasteiger partial charge in [-0.05, 0) is 91.8 Å². The molecule has 4 N–H and O–H groups in total. The molecule has 1 saturated carbocycles. The van der Waals surface area contributed by atoms with Gasteiger partial charge in [0.25, 0.3) is 5.69 Å². The van der Waals surface area contributed by atoms with Crippen molar-refractivity contribution in [3.63, 3.8) is 0 Å².